The number of aromatic amines is 1. The average Bonchev–Trinajstić information content (AvgIpc) is 2.81. The van der Waals surface area contributed by atoms with E-state index >= 15 is 0 Å². The van der Waals surface area contributed by atoms with Crippen molar-refractivity contribution < 1.29 is 14.8 Å². The van der Waals surface area contributed by atoms with E-state index in [9.17, 15) is 30.1 Å². The molecule has 0 spiro atoms. The summed E-state index contributed by atoms with van der Waals surface area (Å²) in [5.74, 6) is -1.45. The summed E-state index contributed by atoms with van der Waals surface area (Å²) >= 11 is 0. The Morgan fingerprint density at radius 1 is 1.42 bits per heavy atom. The number of aliphatic hydroxyl groups excluding tert-OH is 1. The Hall–Kier alpha value is -3.41. The predicted octanol–water partition coefficient (Wildman–Crippen LogP) is 2.26. The molecule has 9 heteroatoms. The van der Waals surface area contributed by atoms with Gasteiger partial charge >= 0.3 is 5.69 Å². The van der Waals surface area contributed by atoms with E-state index in [1.165, 1.54) is 6.07 Å². The van der Waals surface area contributed by atoms with Gasteiger partial charge in [0.2, 0.25) is 0 Å². The van der Waals surface area contributed by atoms with Crippen molar-refractivity contribution in [1.29, 1.82) is 5.26 Å². The third-order valence-electron chi connectivity index (χ3n) is 3.35. The van der Waals surface area contributed by atoms with E-state index in [-0.39, 0.29) is 16.7 Å². The fourth-order valence-electron chi connectivity index (χ4n) is 2.10. The number of aliphatic hydroxyl groups is 1. The van der Waals surface area contributed by atoms with Gasteiger partial charge in [0, 0.05) is 17.5 Å². The normalized spacial score (nSPS) is 12.6. The second-order valence-electron chi connectivity index (χ2n) is 6.11. The predicted molar refractivity (Wildman–Crippen MR) is 84.6 cm³/mol. The number of carbonyl (C=O) groups excluding carboxylic acids is 1. The number of nitro groups is 1. The zero-order chi connectivity index (χ0) is 18.2. The van der Waals surface area contributed by atoms with E-state index in [2.05, 4.69) is 4.98 Å². The van der Waals surface area contributed by atoms with Gasteiger partial charge in [0.05, 0.1) is 16.0 Å². The molecule has 24 heavy (non-hydrogen) atoms. The Morgan fingerprint density at radius 3 is 2.54 bits per heavy atom. The summed E-state index contributed by atoms with van der Waals surface area (Å²) in [7, 11) is 0. The lowest BCUT2D eigenvalue weighted by Crippen LogP contribution is -2.27. The number of hydrogen-bond acceptors (Lipinski definition) is 6. The molecule has 2 N–H and O–H groups in total. The van der Waals surface area contributed by atoms with Crippen molar-refractivity contribution in [2.45, 2.75) is 20.8 Å². The Labute approximate surface area is 135 Å². The number of nitriles is 1. The number of nitro benzene ring substituents is 1. The quantitative estimate of drug-likeness (QED) is 0.284. The first-order valence-electron chi connectivity index (χ1n) is 6.85. The lowest BCUT2D eigenvalue weighted by molar-refractivity contribution is -0.384. The van der Waals surface area contributed by atoms with Crippen LogP contribution >= 0.6 is 0 Å². The highest BCUT2D eigenvalue weighted by Gasteiger charge is 2.28. The topological polar surface area (TPSA) is 142 Å². The number of hydrogen-bond donors (Lipinski definition) is 2. The molecule has 0 unspecified atom stereocenters. The van der Waals surface area contributed by atoms with E-state index in [0.717, 1.165) is 12.1 Å². The molecule has 0 aliphatic rings. The molecule has 0 fully saturated rings. The van der Waals surface area contributed by atoms with Crippen LogP contribution in [-0.4, -0.2) is 25.5 Å². The minimum Gasteiger partial charge on any atom is -0.510 e. The lowest BCUT2D eigenvalue weighted by Gasteiger charge is -2.18. The number of nitrogens with one attached hydrogen (secondary N) is 1. The molecule has 1 heterocycles. The van der Waals surface area contributed by atoms with Gasteiger partial charge in [0.15, 0.2) is 5.57 Å². The second-order valence-corrected chi connectivity index (χ2v) is 6.11. The van der Waals surface area contributed by atoms with Gasteiger partial charge in [0.25, 0.3) is 11.6 Å². The van der Waals surface area contributed by atoms with Crippen molar-refractivity contribution in [3.05, 3.63) is 50.1 Å². The molecule has 0 amide bonds. The van der Waals surface area contributed by atoms with Gasteiger partial charge in [-0.25, -0.2) is 9.36 Å². The smallest absolute Gasteiger partial charge is 0.333 e. The van der Waals surface area contributed by atoms with Gasteiger partial charge < -0.3 is 10.1 Å². The molecule has 2 aromatic rings. The van der Waals surface area contributed by atoms with Crippen LogP contribution in [-0.2, 0) is 0 Å². The summed E-state index contributed by atoms with van der Waals surface area (Å²) < 4.78 is 0.666. The van der Waals surface area contributed by atoms with Crippen LogP contribution in [0.25, 0.3) is 11.0 Å². The number of non-ortho nitro benzene ring substituents is 1. The molecule has 0 aliphatic heterocycles. The molecule has 0 bridgehead atoms. The number of allylic oxidation sites excluding steroid dienone is 2. The number of rotatable bonds is 2. The van der Waals surface area contributed by atoms with Crippen LogP contribution in [0.15, 0.2) is 34.3 Å². The van der Waals surface area contributed by atoms with Crippen molar-refractivity contribution in [3.63, 3.8) is 0 Å². The van der Waals surface area contributed by atoms with Crippen LogP contribution in [0.5, 0.6) is 0 Å². The van der Waals surface area contributed by atoms with E-state index < -0.39 is 33.3 Å². The first kappa shape index (κ1) is 17.0. The van der Waals surface area contributed by atoms with Crippen LogP contribution in [0.4, 0.5) is 5.69 Å². The number of fused-ring (bicyclic) bond motifs is 1. The summed E-state index contributed by atoms with van der Waals surface area (Å²) in [6, 6.07) is 5.09. The highest BCUT2D eigenvalue weighted by atomic mass is 16.6. The largest absolute Gasteiger partial charge is 0.510 e. The minimum atomic E-state index is -1.00. The standard InChI is InChI=1S/C15H14N4O5/c1-15(2,3)12(20)9(7-16)13(21)18-11-5-4-8(19(23)24)6-10(11)17-14(18)22/h4-6,20H,1-3H3,(H,17,22). The van der Waals surface area contributed by atoms with Crippen molar-refractivity contribution in [2.75, 3.05) is 0 Å². The van der Waals surface area contributed by atoms with Crippen LogP contribution in [0, 0.1) is 26.9 Å². The number of aromatic nitrogens is 2. The number of nitrogens with zero attached hydrogens (tertiary/aromatic N) is 3. The van der Waals surface area contributed by atoms with Crippen molar-refractivity contribution >= 4 is 22.6 Å². The third-order valence-corrected chi connectivity index (χ3v) is 3.35. The summed E-state index contributed by atoms with van der Waals surface area (Å²) in [6.07, 6.45) is 0. The maximum absolute atomic E-state index is 12.5. The van der Waals surface area contributed by atoms with Crippen LogP contribution in [0.2, 0.25) is 0 Å². The second kappa shape index (κ2) is 5.66. The van der Waals surface area contributed by atoms with Crippen molar-refractivity contribution in [3.8, 4) is 6.07 Å². The van der Waals surface area contributed by atoms with Crippen molar-refractivity contribution in [1.82, 2.24) is 9.55 Å². The third kappa shape index (κ3) is 2.77. The van der Waals surface area contributed by atoms with Crippen LogP contribution in [0.1, 0.15) is 25.6 Å². The molecule has 124 valence electrons. The monoisotopic (exact) mass is 330 g/mol. The average molecular weight is 330 g/mol. The van der Waals surface area contributed by atoms with Gasteiger partial charge in [-0.1, -0.05) is 20.8 Å². The number of H-pyrrole nitrogens is 1. The molecule has 1 aromatic carbocycles. The number of carbonyl (C=O) groups is 1. The van der Waals surface area contributed by atoms with E-state index in [1.807, 2.05) is 0 Å². The molecule has 1 aromatic heterocycles. The van der Waals surface area contributed by atoms with E-state index in [4.69, 9.17) is 0 Å². The summed E-state index contributed by atoms with van der Waals surface area (Å²) in [5.41, 5.74) is -2.39. The van der Waals surface area contributed by atoms with Gasteiger partial charge in [-0.05, 0) is 6.07 Å². The Bertz CT molecular complexity index is 982. The molecule has 0 aliphatic carbocycles. The van der Waals surface area contributed by atoms with Crippen LogP contribution in [0.3, 0.4) is 0 Å². The minimum absolute atomic E-state index is 0.0741. The van der Waals surface area contributed by atoms with E-state index in [0.29, 0.717) is 4.57 Å². The fraction of sp³-hybridized carbons (Fsp3) is 0.267. The lowest BCUT2D eigenvalue weighted by atomic mass is 9.90. The van der Waals surface area contributed by atoms with Crippen LogP contribution < -0.4 is 5.69 Å². The molecule has 0 radical (unpaired) electrons. The Kier molecular flexibility index (Phi) is 4.00. The molecular formula is C15H14N4O5. The zero-order valence-corrected chi connectivity index (χ0v) is 13.2. The highest BCUT2D eigenvalue weighted by Crippen LogP contribution is 2.26. The molecule has 0 atom stereocenters. The fourth-order valence-corrected chi connectivity index (χ4v) is 2.10. The first-order valence-corrected chi connectivity index (χ1v) is 6.85. The SMILES string of the molecule is CC(C)(C)C(O)=C(C#N)C(=O)n1c(=O)[nH]c2cc([N+](=O)[O-])ccc21. The summed E-state index contributed by atoms with van der Waals surface area (Å²) in [6.45, 7) is 4.82. The molecule has 0 saturated heterocycles. The molecule has 0 saturated carbocycles. The first-order chi connectivity index (χ1) is 11.1. The summed E-state index contributed by atoms with van der Waals surface area (Å²) in [5, 5.41) is 30.1. The van der Waals surface area contributed by atoms with Gasteiger partial charge in [0.1, 0.15) is 11.8 Å². The Morgan fingerprint density at radius 2 is 2.04 bits per heavy atom. The number of imidazole rings is 1. The molecule has 9 nitrogen and oxygen atoms in total. The Balaban J connectivity index is 2.71. The molecular weight excluding hydrogens is 316 g/mol. The van der Waals surface area contributed by atoms with E-state index in [1.54, 1.807) is 26.8 Å². The highest BCUT2D eigenvalue weighted by molar-refractivity contribution is 6.04. The van der Waals surface area contributed by atoms with Gasteiger partial charge in [-0.2, -0.15) is 5.26 Å². The molecule has 2 rings (SSSR count). The number of benzene rings is 1. The summed E-state index contributed by atoms with van der Waals surface area (Å²) in [4.78, 5) is 37.1. The maximum Gasteiger partial charge on any atom is 0.333 e. The zero-order valence-electron chi connectivity index (χ0n) is 13.2. The maximum atomic E-state index is 12.5. The van der Waals surface area contributed by atoms with Gasteiger partial charge in [-0.3, -0.25) is 14.9 Å². The van der Waals surface area contributed by atoms with Gasteiger partial charge in [-0.15, -0.1) is 0 Å². The van der Waals surface area contributed by atoms with Crippen molar-refractivity contribution in [2.24, 2.45) is 5.41 Å².